The fourth-order valence-corrected chi connectivity index (χ4v) is 15.1. The molecule has 18 rings (SSSR count). The summed E-state index contributed by atoms with van der Waals surface area (Å²) in [6, 6.07) is 102. The molecule has 0 fully saturated rings. The number of allylic oxidation sites excluding steroid dienone is 3. The standard InChI is InChI=1S/C84H60N2O4/c1-53-46-79-81(52-68(53)58-36-44-77-71(48-58)67-29-17-18-30-74(67)85(77)63-26-14-7-15-27-63)90-84(88-79,61-24-12-6-13-25-61)62-38-42-72-69(51-62)65-41-34-56(49-73(65)82(72,2)3)54-32-39-64(40-33-54)86-75-31-19-16-28-66(75)70-47-55(35-43-76(70)86)57-37-45-78-80(50-57)89-83(87-78,59-20-8-4-9-21-59)60-22-10-5-11-23-60/h4-45,47-53H,46H2,1-3H3. The fraction of sp³-hybridized carbons (Fsp3) is 0.0952. The van der Waals surface area contributed by atoms with E-state index in [2.05, 4.69) is 279 Å². The summed E-state index contributed by atoms with van der Waals surface area (Å²) < 4.78 is 33.0. The molecule has 0 bridgehead atoms. The van der Waals surface area contributed by atoms with E-state index >= 15 is 0 Å². The van der Waals surface area contributed by atoms with Crippen molar-refractivity contribution in [3.63, 3.8) is 0 Å². The van der Waals surface area contributed by atoms with Crippen molar-refractivity contribution in [2.75, 3.05) is 0 Å². The lowest BCUT2D eigenvalue weighted by Gasteiger charge is -2.30. The Morgan fingerprint density at radius 2 is 0.833 bits per heavy atom. The van der Waals surface area contributed by atoms with Crippen LogP contribution in [0.25, 0.3) is 93.9 Å². The third kappa shape index (κ3) is 7.83. The summed E-state index contributed by atoms with van der Waals surface area (Å²) in [6.45, 7) is 7.02. The van der Waals surface area contributed by atoms with E-state index in [1.807, 2.05) is 42.5 Å². The van der Waals surface area contributed by atoms with Crippen LogP contribution in [0.3, 0.4) is 0 Å². The van der Waals surface area contributed by atoms with Gasteiger partial charge in [-0.3, -0.25) is 0 Å². The van der Waals surface area contributed by atoms with Gasteiger partial charge in [-0.05, 0) is 153 Å². The van der Waals surface area contributed by atoms with Crippen molar-refractivity contribution in [3.8, 4) is 56.3 Å². The minimum absolute atomic E-state index is 0.193. The molecule has 90 heavy (non-hydrogen) atoms. The van der Waals surface area contributed by atoms with Gasteiger partial charge in [0.25, 0.3) is 0 Å². The molecule has 4 heterocycles. The molecule has 2 aromatic heterocycles. The van der Waals surface area contributed by atoms with Crippen LogP contribution in [0.4, 0.5) is 0 Å². The molecule has 0 N–H and O–H groups in total. The Labute approximate surface area is 522 Å². The molecule has 2 atom stereocenters. The molecular weight excluding hydrogens is 1100 g/mol. The van der Waals surface area contributed by atoms with Gasteiger partial charge in [0.2, 0.25) is 0 Å². The molecule has 0 amide bonds. The van der Waals surface area contributed by atoms with E-state index in [1.54, 1.807) is 0 Å². The second-order valence-electron chi connectivity index (χ2n) is 25.1. The van der Waals surface area contributed by atoms with Crippen LogP contribution in [0.5, 0.6) is 11.5 Å². The van der Waals surface area contributed by atoms with Crippen LogP contribution in [0.2, 0.25) is 0 Å². The predicted molar refractivity (Wildman–Crippen MR) is 363 cm³/mol. The lowest BCUT2D eigenvalue weighted by Crippen LogP contribution is -2.36. The number of hydrogen-bond acceptors (Lipinski definition) is 4. The van der Waals surface area contributed by atoms with E-state index in [0.717, 1.165) is 79.3 Å². The number of benzene rings is 12. The highest BCUT2D eigenvalue weighted by Crippen LogP contribution is 2.56. The van der Waals surface area contributed by atoms with Crippen LogP contribution in [-0.2, 0) is 26.5 Å². The molecule has 6 nitrogen and oxygen atoms in total. The first-order valence-corrected chi connectivity index (χ1v) is 31.2. The summed E-state index contributed by atoms with van der Waals surface area (Å²) in [5.41, 5.74) is 22.4. The summed E-state index contributed by atoms with van der Waals surface area (Å²) in [5.74, 6) is 1.02. The van der Waals surface area contributed by atoms with Crippen molar-refractivity contribution in [3.05, 3.63) is 342 Å². The van der Waals surface area contributed by atoms with Gasteiger partial charge >= 0.3 is 11.6 Å². The quantitative estimate of drug-likeness (QED) is 0.144. The number of rotatable bonds is 9. The summed E-state index contributed by atoms with van der Waals surface area (Å²) in [5, 5.41) is 4.85. The number of ether oxygens (including phenoxy) is 4. The zero-order chi connectivity index (χ0) is 59.9. The molecule has 430 valence electrons. The van der Waals surface area contributed by atoms with Crippen molar-refractivity contribution < 1.29 is 18.9 Å². The van der Waals surface area contributed by atoms with E-state index in [1.165, 1.54) is 71.5 Å². The van der Waals surface area contributed by atoms with Gasteiger partial charge in [-0.15, -0.1) is 0 Å². The number of para-hydroxylation sites is 3. The highest BCUT2D eigenvalue weighted by molar-refractivity contribution is 6.11. The highest BCUT2D eigenvalue weighted by Gasteiger charge is 2.49. The van der Waals surface area contributed by atoms with Gasteiger partial charge in [-0.1, -0.05) is 221 Å². The number of aromatic nitrogens is 2. The molecule has 0 saturated carbocycles. The first-order valence-electron chi connectivity index (χ1n) is 31.2. The first kappa shape index (κ1) is 52.1. The average molecular weight is 1160 g/mol. The molecule has 2 aliphatic carbocycles. The zero-order valence-electron chi connectivity index (χ0n) is 50.0. The summed E-state index contributed by atoms with van der Waals surface area (Å²) in [6.07, 6.45) is 2.97. The number of nitrogens with zero attached hydrogens (tertiary/aromatic N) is 2. The normalized spacial score (nSPS) is 17.5. The Kier molecular flexibility index (Phi) is 11.4. The molecule has 14 aromatic rings. The van der Waals surface area contributed by atoms with Crippen molar-refractivity contribution in [2.45, 2.75) is 44.2 Å². The Morgan fingerprint density at radius 3 is 1.48 bits per heavy atom. The third-order valence-corrected chi connectivity index (χ3v) is 19.6. The Morgan fingerprint density at radius 1 is 0.344 bits per heavy atom. The van der Waals surface area contributed by atoms with Crippen LogP contribution >= 0.6 is 0 Å². The zero-order valence-corrected chi connectivity index (χ0v) is 50.0. The fourth-order valence-electron chi connectivity index (χ4n) is 15.1. The van der Waals surface area contributed by atoms with Gasteiger partial charge in [-0.2, -0.15) is 0 Å². The van der Waals surface area contributed by atoms with E-state index < -0.39 is 11.6 Å². The molecule has 0 spiro atoms. The minimum Gasteiger partial charge on any atom is -0.445 e. The lowest BCUT2D eigenvalue weighted by molar-refractivity contribution is -0.126. The molecule has 12 aromatic carbocycles. The minimum atomic E-state index is -1.18. The molecule has 2 unspecified atom stereocenters. The molecule has 4 aliphatic rings. The second-order valence-corrected chi connectivity index (χ2v) is 25.1. The summed E-state index contributed by atoms with van der Waals surface area (Å²) >= 11 is 0. The van der Waals surface area contributed by atoms with E-state index in [-0.39, 0.29) is 11.3 Å². The van der Waals surface area contributed by atoms with Crippen LogP contribution in [-0.4, -0.2) is 9.13 Å². The van der Waals surface area contributed by atoms with Crippen LogP contribution in [0.15, 0.2) is 303 Å². The topological polar surface area (TPSA) is 46.8 Å². The van der Waals surface area contributed by atoms with Gasteiger partial charge in [0.05, 0.1) is 22.1 Å². The van der Waals surface area contributed by atoms with Crippen molar-refractivity contribution in [2.24, 2.45) is 5.92 Å². The first-order chi connectivity index (χ1) is 44.2. The van der Waals surface area contributed by atoms with Gasteiger partial charge in [0, 0.05) is 67.0 Å². The van der Waals surface area contributed by atoms with E-state index in [0.29, 0.717) is 11.5 Å². The van der Waals surface area contributed by atoms with Crippen LogP contribution < -0.4 is 9.47 Å². The Bertz CT molecular complexity index is 5270. The summed E-state index contributed by atoms with van der Waals surface area (Å²) in [7, 11) is 0. The molecular formula is C84H60N2O4. The maximum atomic E-state index is 7.34. The van der Waals surface area contributed by atoms with Gasteiger partial charge in [-0.25, -0.2) is 0 Å². The van der Waals surface area contributed by atoms with Gasteiger partial charge < -0.3 is 28.1 Å². The SMILES string of the molecule is CC1CC2=C(C=C1c1ccc3c(c1)c1ccccc1n3-c1ccccc1)OC(c1ccccc1)(c1ccc3c(c1)-c1ccc(-c4ccc(-n5c6ccccc6c6cc(-c7ccc8c(c7)OC(c7ccccc7)(c7ccccc7)O8)ccc65)cc4)cc1C3(C)C)O2. The van der Waals surface area contributed by atoms with Crippen molar-refractivity contribution >= 4 is 49.2 Å². The maximum Gasteiger partial charge on any atom is 0.305 e. The monoisotopic (exact) mass is 1160 g/mol. The van der Waals surface area contributed by atoms with E-state index in [4.69, 9.17) is 18.9 Å². The Hall–Kier alpha value is -11.1. The molecule has 0 radical (unpaired) electrons. The molecule has 2 aliphatic heterocycles. The lowest BCUT2D eigenvalue weighted by atomic mass is 9.81. The van der Waals surface area contributed by atoms with Crippen LogP contribution in [0.1, 0.15) is 66.1 Å². The smallest absolute Gasteiger partial charge is 0.305 e. The largest absolute Gasteiger partial charge is 0.445 e. The average Bonchev–Trinajstić information content (AvgIpc) is 1.61. The molecule has 6 heteroatoms. The maximum absolute atomic E-state index is 7.34. The second kappa shape index (κ2) is 19.7. The van der Waals surface area contributed by atoms with Crippen molar-refractivity contribution in [1.82, 2.24) is 9.13 Å². The number of fused-ring (bicyclic) bond motifs is 10. The van der Waals surface area contributed by atoms with Gasteiger partial charge in [0.1, 0.15) is 5.76 Å². The predicted octanol–water partition coefficient (Wildman–Crippen LogP) is 20.8. The molecule has 0 saturated heterocycles. The van der Waals surface area contributed by atoms with Gasteiger partial charge in [0.15, 0.2) is 17.3 Å². The number of hydrogen-bond donors (Lipinski definition) is 0. The van der Waals surface area contributed by atoms with E-state index in [9.17, 15) is 0 Å². The Balaban J connectivity index is 0.647. The van der Waals surface area contributed by atoms with Crippen LogP contribution in [0, 0.1) is 5.92 Å². The summed E-state index contributed by atoms with van der Waals surface area (Å²) in [4.78, 5) is 0. The third-order valence-electron chi connectivity index (χ3n) is 19.6. The van der Waals surface area contributed by atoms with Crippen molar-refractivity contribution in [1.29, 1.82) is 0 Å². The highest BCUT2D eigenvalue weighted by atomic mass is 16.7.